The molecule has 0 aliphatic heterocycles. The first-order valence-electron chi connectivity index (χ1n) is 6.45. The molecule has 5 heteroatoms. The molecule has 1 N–H and O–H groups in total. The molecule has 108 valence electrons. The average molecular weight is 300 g/mol. The maximum atomic E-state index is 11.6. The fourth-order valence-electron chi connectivity index (χ4n) is 1.44. The van der Waals surface area contributed by atoms with Crippen LogP contribution in [-0.4, -0.2) is 16.7 Å². The number of ether oxygens (including phenoxy) is 1. The zero-order valence-corrected chi connectivity index (χ0v) is 13.0. The lowest BCUT2D eigenvalue weighted by Gasteiger charge is -2.18. The number of benzene rings is 1. The molecule has 2 rings (SSSR count). The number of aromatic nitrogens is 1. The van der Waals surface area contributed by atoms with E-state index in [1.807, 2.05) is 51.1 Å². The molecule has 0 aliphatic carbocycles. The highest BCUT2D eigenvalue weighted by atomic mass is 32.1. The van der Waals surface area contributed by atoms with Gasteiger partial charge in [-0.2, -0.15) is 0 Å². The van der Waals surface area contributed by atoms with E-state index in [0.717, 1.165) is 5.56 Å². The second-order valence-corrected chi connectivity index (χ2v) is 6.14. The first kappa shape index (κ1) is 15.1. The van der Waals surface area contributed by atoms with E-state index >= 15 is 0 Å². The van der Waals surface area contributed by atoms with Crippen molar-refractivity contribution in [1.29, 1.82) is 0 Å². The molecule has 4 nitrogen and oxygen atoms in total. The molecule has 21 heavy (non-hydrogen) atoms. The average Bonchev–Trinajstić information content (AvgIpc) is 2.83. The monoisotopic (exact) mass is 300 g/mol. The highest BCUT2D eigenvalue weighted by Gasteiger charge is 2.17. The van der Waals surface area contributed by atoms with Crippen LogP contribution in [0.3, 0.4) is 0 Å². The Bertz CT molecular complexity index is 676. The summed E-state index contributed by atoms with van der Waals surface area (Å²) in [7, 11) is 0. The number of hydrogen-bond donors (Lipinski definition) is 1. The number of thiazole rings is 1. The lowest BCUT2D eigenvalue weighted by Crippen LogP contribution is -2.27. The van der Waals surface area contributed by atoms with Gasteiger partial charge in [-0.05, 0) is 38.8 Å². The normalized spacial score (nSPS) is 10.4. The highest BCUT2D eigenvalue weighted by Crippen LogP contribution is 2.16. The van der Waals surface area contributed by atoms with Gasteiger partial charge in [0, 0.05) is 10.9 Å². The van der Waals surface area contributed by atoms with Crippen molar-refractivity contribution < 1.29 is 9.53 Å². The van der Waals surface area contributed by atoms with Gasteiger partial charge in [-0.3, -0.25) is 5.32 Å². The summed E-state index contributed by atoms with van der Waals surface area (Å²) >= 11 is 1.31. The van der Waals surface area contributed by atoms with Crippen LogP contribution in [0.25, 0.3) is 0 Å². The Morgan fingerprint density at radius 3 is 2.62 bits per heavy atom. The molecule has 0 spiro atoms. The molecule has 0 bridgehead atoms. The Morgan fingerprint density at radius 2 is 1.95 bits per heavy atom. The largest absolute Gasteiger partial charge is 0.444 e. The van der Waals surface area contributed by atoms with Crippen molar-refractivity contribution in [2.24, 2.45) is 0 Å². The van der Waals surface area contributed by atoms with E-state index < -0.39 is 11.7 Å². The smallest absolute Gasteiger partial charge is 0.413 e. The second-order valence-electron chi connectivity index (χ2n) is 5.28. The lowest BCUT2D eigenvalue weighted by atomic mass is 10.2. The Balaban J connectivity index is 1.99. The molecule has 0 saturated heterocycles. The molecule has 0 radical (unpaired) electrons. The number of nitrogens with one attached hydrogen (secondary N) is 1. The summed E-state index contributed by atoms with van der Waals surface area (Å²) in [5.74, 6) is 5.98. The van der Waals surface area contributed by atoms with Gasteiger partial charge in [0.1, 0.15) is 11.3 Å². The maximum absolute atomic E-state index is 11.6. The Labute approximate surface area is 128 Å². The summed E-state index contributed by atoms with van der Waals surface area (Å²) in [5.41, 5.74) is 1.01. The molecule has 0 aliphatic rings. The SMILES string of the molecule is CC(C)(C)OC(=O)Nc1nc(C#Cc2ccccc2)cs1. The van der Waals surface area contributed by atoms with E-state index in [-0.39, 0.29) is 0 Å². The predicted octanol–water partition coefficient (Wildman–Crippen LogP) is 3.89. The number of anilines is 1. The van der Waals surface area contributed by atoms with Gasteiger partial charge >= 0.3 is 6.09 Å². The highest BCUT2D eigenvalue weighted by molar-refractivity contribution is 7.14. The van der Waals surface area contributed by atoms with Crippen molar-refractivity contribution in [2.75, 3.05) is 5.32 Å². The van der Waals surface area contributed by atoms with Crippen molar-refractivity contribution in [3.05, 3.63) is 47.0 Å². The fraction of sp³-hybridized carbons (Fsp3) is 0.250. The van der Waals surface area contributed by atoms with Crippen LogP contribution in [0.2, 0.25) is 0 Å². The van der Waals surface area contributed by atoms with E-state index in [2.05, 4.69) is 22.1 Å². The van der Waals surface area contributed by atoms with Gasteiger partial charge in [0.2, 0.25) is 0 Å². The van der Waals surface area contributed by atoms with Gasteiger partial charge in [0.05, 0.1) is 0 Å². The third-order valence-corrected chi connectivity index (χ3v) is 2.98. The van der Waals surface area contributed by atoms with E-state index in [1.165, 1.54) is 11.3 Å². The number of carbonyl (C=O) groups excluding carboxylic acids is 1. The van der Waals surface area contributed by atoms with Crippen molar-refractivity contribution in [3.8, 4) is 11.8 Å². The minimum Gasteiger partial charge on any atom is -0.444 e. The van der Waals surface area contributed by atoms with Crippen molar-refractivity contribution >= 4 is 22.6 Å². The second kappa shape index (κ2) is 6.42. The van der Waals surface area contributed by atoms with E-state index in [4.69, 9.17) is 4.74 Å². The first-order valence-corrected chi connectivity index (χ1v) is 7.33. The number of rotatable bonds is 1. The molecule has 0 saturated carbocycles. The summed E-state index contributed by atoms with van der Waals surface area (Å²) in [6.07, 6.45) is -0.514. The van der Waals surface area contributed by atoms with Crippen LogP contribution in [0.1, 0.15) is 32.0 Å². The third kappa shape index (κ3) is 5.28. The standard InChI is InChI=1S/C16H16N2O2S/c1-16(2,3)20-15(19)18-14-17-13(11-21-14)10-9-12-7-5-4-6-8-12/h4-8,11H,1-3H3,(H,17,18,19). The molecule has 1 aromatic heterocycles. The van der Waals surface area contributed by atoms with Crippen LogP contribution >= 0.6 is 11.3 Å². The molecule has 0 atom stereocenters. The Hall–Kier alpha value is -2.32. The summed E-state index contributed by atoms with van der Waals surface area (Å²) in [4.78, 5) is 15.8. The van der Waals surface area contributed by atoms with Crippen LogP contribution < -0.4 is 5.32 Å². The van der Waals surface area contributed by atoms with E-state index in [1.54, 1.807) is 5.38 Å². The number of carbonyl (C=O) groups is 1. The van der Waals surface area contributed by atoms with Crippen LogP contribution in [-0.2, 0) is 4.74 Å². The quantitative estimate of drug-likeness (QED) is 0.813. The molecular formula is C16H16N2O2S. The topological polar surface area (TPSA) is 51.2 Å². The maximum Gasteiger partial charge on any atom is 0.413 e. The molecule has 1 heterocycles. The first-order chi connectivity index (χ1) is 9.92. The fourth-order valence-corrected chi connectivity index (χ4v) is 2.07. The summed E-state index contributed by atoms with van der Waals surface area (Å²) in [6.45, 7) is 5.43. The van der Waals surface area contributed by atoms with Gasteiger partial charge in [0.25, 0.3) is 0 Å². The van der Waals surface area contributed by atoms with Crippen molar-refractivity contribution in [1.82, 2.24) is 4.98 Å². The van der Waals surface area contributed by atoms with Gasteiger partial charge in [-0.1, -0.05) is 24.1 Å². The van der Waals surface area contributed by atoms with Gasteiger partial charge < -0.3 is 4.74 Å². The van der Waals surface area contributed by atoms with Crippen LogP contribution in [0.15, 0.2) is 35.7 Å². The lowest BCUT2D eigenvalue weighted by molar-refractivity contribution is 0.0636. The molecule has 1 aromatic carbocycles. The number of hydrogen-bond acceptors (Lipinski definition) is 4. The Morgan fingerprint density at radius 1 is 1.24 bits per heavy atom. The third-order valence-electron chi connectivity index (χ3n) is 2.22. The van der Waals surface area contributed by atoms with Gasteiger partial charge in [0.15, 0.2) is 5.13 Å². The van der Waals surface area contributed by atoms with Crippen LogP contribution in [0, 0.1) is 11.8 Å². The summed E-state index contributed by atoms with van der Waals surface area (Å²) in [6, 6.07) is 9.66. The van der Waals surface area contributed by atoms with Crippen LogP contribution in [0.4, 0.5) is 9.93 Å². The Kier molecular flexibility index (Phi) is 4.61. The predicted molar refractivity (Wildman–Crippen MR) is 84.4 cm³/mol. The van der Waals surface area contributed by atoms with Gasteiger partial charge in [-0.25, -0.2) is 9.78 Å². The zero-order valence-electron chi connectivity index (χ0n) is 12.1. The molecule has 0 unspecified atom stereocenters. The van der Waals surface area contributed by atoms with E-state index in [9.17, 15) is 4.79 Å². The summed E-state index contributed by atoms with van der Waals surface area (Å²) < 4.78 is 5.16. The van der Waals surface area contributed by atoms with Crippen LogP contribution in [0.5, 0.6) is 0 Å². The number of nitrogens with zero attached hydrogens (tertiary/aromatic N) is 1. The minimum atomic E-state index is -0.530. The summed E-state index contributed by atoms with van der Waals surface area (Å²) in [5, 5.41) is 4.86. The molecule has 2 aromatic rings. The van der Waals surface area contributed by atoms with Crippen molar-refractivity contribution in [3.63, 3.8) is 0 Å². The number of amides is 1. The zero-order chi connectivity index (χ0) is 15.3. The molecule has 1 amide bonds. The van der Waals surface area contributed by atoms with E-state index in [0.29, 0.717) is 10.8 Å². The van der Waals surface area contributed by atoms with Crippen molar-refractivity contribution in [2.45, 2.75) is 26.4 Å². The van der Waals surface area contributed by atoms with Gasteiger partial charge in [-0.15, -0.1) is 11.3 Å². The molecular weight excluding hydrogens is 284 g/mol. The minimum absolute atomic E-state index is 0.474. The molecule has 0 fully saturated rings.